The van der Waals surface area contributed by atoms with Crippen LogP contribution in [0, 0.1) is 0 Å². The van der Waals surface area contributed by atoms with E-state index in [0.717, 1.165) is 0 Å². The maximum atomic E-state index is 10.9. The van der Waals surface area contributed by atoms with E-state index in [1.807, 2.05) is 30.3 Å². The lowest BCUT2D eigenvalue weighted by atomic mass is 10.2. The van der Waals surface area contributed by atoms with Crippen LogP contribution >= 0.6 is 0 Å². The van der Waals surface area contributed by atoms with Gasteiger partial charge in [0.15, 0.2) is 0 Å². The minimum Gasteiger partial charge on any atom is -0.491 e. The van der Waals surface area contributed by atoms with Gasteiger partial charge in [0.2, 0.25) is 0 Å². The highest BCUT2D eigenvalue weighted by molar-refractivity contribution is 7.90. The van der Waals surface area contributed by atoms with Gasteiger partial charge in [-0.05, 0) is 25.0 Å². The number of hydrogen-bond donors (Lipinski definition) is 1. The molecule has 5 heteroatoms. The van der Waals surface area contributed by atoms with Crippen molar-refractivity contribution in [2.75, 3.05) is 18.6 Å². The SMILES string of the molecule is CS(=O)(=O)CCCC(O)COc1ccccc1. The summed E-state index contributed by atoms with van der Waals surface area (Å²) in [6, 6.07) is 9.21. The first kappa shape index (κ1) is 14.0. The predicted molar refractivity (Wildman–Crippen MR) is 66.9 cm³/mol. The molecule has 0 saturated heterocycles. The minimum atomic E-state index is -2.94. The number of aliphatic hydroxyl groups is 1. The van der Waals surface area contributed by atoms with Crippen molar-refractivity contribution in [1.29, 1.82) is 0 Å². The molecule has 1 aromatic rings. The Morgan fingerprint density at radius 2 is 1.94 bits per heavy atom. The first-order valence-corrected chi connectivity index (χ1v) is 7.57. The zero-order chi connectivity index (χ0) is 12.7. The van der Waals surface area contributed by atoms with Crippen LogP contribution in [0.5, 0.6) is 5.75 Å². The number of benzene rings is 1. The first-order valence-electron chi connectivity index (χ1n) is 5.51. The number of aliphatic hydroxyl groups excluding tert-OH is 1. The molecule has 0 radical (unpaired) electrons. The van der Waals surface area contributed by atoms with Crippen molar-refractivity contribution in [3.63, 3.8) is 0 Å². The molecule has 1 atom stereocenters. The van der Waals surface area contributed by atoms with Crippen LogP contribution in [0.15, 0.2) is 30.3 Å². The predicted octanol–water partition coefficient (Wildman–Crippen LogP) is 1.25. The fourth-order valence-corrected chi connectivity index (χ4v) is 2.06. The van der Waals surface area contributed by atoms with Gasteiger partial charge in [0.1, 0.15) is 22.2 Å². The van der Waals surface area contributed by atoms with Gasteiger partial charge >= 0.3 is 0 Å². The fourth-order valence-electron chi connectivity index (χ4n) is 1.37. The van der Waals surface area contributed by atoms with Crippen LogP contribution in [-0.4, -0.2) is 38.2 Å². The van der Waals surface area contributed by atoms with Gasteiger partial charge in [-0.25, -0.2) is 8.42 Å². The number of rotatable bonds is 7. The van der Waals surface area contributed by atoms with Crippen LogP contribution in [0.3, 0.4) is 0 Å². The molecule has 1 rings (SSSR count). The summed E-state index contributed by atoms with van der Waals surface area (Å²) in [5.74, 6) is 0.810. The van der Waals surface area contributed by atoms with E-state index in [1.54, 1.807) is 0 Å². The molecule has 1 unspecified atom stereocenters. The first-order chi connectivity index (χ1) is 7.97. The Morgan fingerprint density at radius 3 is 2.53 bits per heavy atom. The van der Waals surface area contributed by atoms with Gasteiger partial charge in [-0.3, -0.25) is 0 Å². The van der Waals surface area contributed by atoms with Crippen LogP contribution in [-0.2, 0) is 9.84 Å². The van der Waals surface area contributed by atoms with Gasteiger partial charge in [-0.15, -0.1) is 0 Å². The highest BCUT2D eigenvalue weighted by Gasteiger charge is 2.08. The molecule has 0 aliphatic carbocycles. The van der Waals surface area contributed by atoms with E-state index in [0.29, 0.717) is 18.6 Å². The standard InChI is InChI=1S/C12H18O4S/c1-17(14,15)9-5-6-11(13)10-16-12-7-3-2-4-8-12/h2-4,7-8,11,13H,5-6,9-10H2,1H3. The van der Waals surface area contributed by atoms with E-state index in [2.05, 4.69) is 0 Å². The van der Waals surface area contributed by atoms with Gasteiger partial charge in [-0.2, -0.15) is 0 Å². The minimum absolute atomic E-state index is 0.107. The number of hydrogen-bond acceptors (Lipinski definition) is 4. The molecular formula is C12H18O4S. The number of para-hydroxylation sites is 1. The second kappa shape index (κ2) is 6.61. The lowest BCUT2D eigenvalue weighted by molar-refractivity contribution is 0.0995. The summed E-state index contributed by atoms with van der Waals surface area (Å²) in [4.78, 5) is 0. The molecule has 0 aliphatic rings. The third kappa shape index (κ3) is 6.97. The summed E-state index contributed by atoms with van der Waals surface area (Å²) >= 11 is 0. The van der Waals surface area contributed by atoms with E-state index in [-0.39, 0.29) is 12.4 Å². The molecule has 0 spiro atoms. The molecule has 0 saturated carbocycles. The summed E-state index contributed by atoms with van der Waals surface area (Å²) in [6.45, 7) is 0.188. The number of ether oxygens (including phenoxy) is 1. The van der Waals surface area contributed by atoms with Crippen molar-refractivity contribution in [2.24, 2.45) is 0 Å². The third-order valence-electron chi connectivity index (χ3n) is 2.24. The molecule has 4 nitrogen and oxygen atoms in total. The van der Waals surface area contributed by atoms with E-state index in [9.17, 15) is 13.5 Å². The lowest BCUT2D eigenvalue weighted by Gasteiger charge is -2.11. The van der Waals surface area contributed by atoms with Gasteiger partial charge in [0.25, 0.3) is 0 Å². The Labute approximate surface area is 102 Å². The van der Waals surface area contributed by atoms with Gasteiger partial charge in [-0.1, -0.05) is 18.2 Å². The largest absolute Gasteiger partial charge is 0.491 e. The van der Waals surface area contributed by atoms with E-state index in [1.165, 1.54) is 6.26 Å². The van der Waals surface area contributed by atoms with Crippen LogP contribution in [0.2, 0.25) is 0 Å². The van der Waals surface area contributed by atoms with Gasteiger partial charge in [0.05, 0.1) is 6.10 Å². The fraction of sp³-hybridized carbons (Fsp3) is 0.500. The lowest BCUT2D eigenvalue weighted by Crippen LogP contribution is -2.18. The van der Waals surface area contributed by atoms with Crippen molar-refractivity contribution in [1.82, 2.24) is 0 Å². The summed E-state index contributed by atoms with van der Waals surface area (Å²) in [7, 11) is -2.94. The third-order valence-corrected chi connectivity index (χ3v) is 3.27. The normalized spacial score (nSPS) is 13.3. The average Bonchev–Trinajstić information content (AvgIpc) is 2.26. The molecule has 0 amide bonds. The molecule has 96 valence electrons. The molecule has 0 bridgehead atoms. The van der Waals surface area contributed by atoms with Crippen LogP contribution in [0.1, 0.15) is 12.8 Å². The summed E-state index contributed by atoms with van der Waals surface area (Å²) in [5, 5.41) is 9.59. The molecule has 1 aromatic carbocycles. The molecule has 0 heterocycles. The van der Waals surface area contributed by atoms with Crippen LogP contribution in [0.4, 0.5) is 0 Å². The number of sulfone groups is 1. The zero-order valence-electron chi connectivity index (χ0n) is 9.87. The second-order valence-corrected chi connectivity index (χ2v) is 6.31. The molecule has 0 fully saturated rings. The quantitative estimate of drug-likeness (QED) is 0.799. The maximum Gasteiger partial charge on any atom is 0.147 e. The topological polar surface area (TPSA) is 63.6 Å². The molecule has 17 heavy (non-hydrogen) atoms. The Kier molecular flexibility index (Phi) is 5.44. The van der Waals surface area contributed by atoms with Crippen molar-refractivity contribution < 1.29 is 18.3 Å². The molecule has 0 aromatic heterocycles. The molecular weight excluding hydrogens is 240 g/mol. The highest BCUT2D eigenvalue weighted by Crippen LogP contribution is 2.09. The van der Waals surface area contributed by atoms with Crippen LogP contribution < -0.4 is 4.74 Å². The second-order valence-electron chi connectivity index (χ2n) is 4.05. The Balaban J connectivity index is 2.20. The zero-order valence-corrected chi connectivity index (χ0v) is 10.7. The van der Waals surface area contributed by atoms with E-state index < -0.39 is 15.9 Å². The smallest absolute Gasteiger partial charge is 0.147 e. The van der Waals surface area contributed by atoms with Crippen molar-refractivity contribution in [3.8, 4) is 5.75 Å². The summed E-state index contributed by atoms with van der Waals surface area (Å²) in [6.07, 6.45) is 1.45. The Bertz CT molecular complexity index is 413. The Morgan fingerprint density at radius 1 is 1.29 bits per heavy atom. The van der Waals surface area contributed by atoms with Gasteiger partial charge < -0.3 is 9.84 Å². The average molecular weight is 258 g/mol. The highest BCUT2D eigenvalue weighted by atomic mass is 32.2. The van der Waals surface area contributed by atoms with E-state index in [4.69, 9.17) is 4.74 Å². The van der Waals surface area contributed by atoms with E-state index >= 15 is 0 Å². The Hall–Kier alpha value is -1.07. The monoisotopic (exact) mass is 258 g/mol. The molecule has 0 aliphatic heterocycles. The van der Waals surface area contributed by atoms with Crippen molar-refractivity contribution in [2.45, 2.75) is 18.9 Å². The molecule has 1 N–H and O–H groups in total. The van der Waals surface area contributed by atoms with Crippen molar-refractivity contribution >= 4 is 9.84 Å². The maximum absolute atomic E-state index is 10.9. The van der Waals surface area contributed by atoms with Crippen molar-refractivity contribution in [3.05, 3.63) is 30.3 Å². The summed E-state index contributed by atoms with van der Waals surface area (Å²) in [5.41, 5.74) is 0. The van der Waals surface area contributed by atoms with Crippen LogP contribution in [0.25, 0.3) is 0 Å². The summed E-state index contributed by atoms with van der Waals surface area (Å²) < 4.78 is 27.1. The van der Waals surface area contributed by atoms with Gasteiger partial charge in [0, 0.05) is 12.0 Å².